The SMILES string of the molecule is OC1(c2ccc(F)cc2)C[N+]2=C(SCCCCC2)N1c1ccccc1. The first kappa shape index (κ1) is 16.6. The topological polar surface area (TPSA) is 26.5 Å². The summed E-state index contributed by atoms with van der Waals surface area (Å²) in [7, 11) is 0. The fraction of sp³-hybridized carbons (Fsp3) is 0.350. The number of hydrogen-bond acceptors (Lipinski definition) is 3. The maximum Gasteiger partial charge on any atom is 0.316 e. The van der Waals surface area contributed by atoms with E-state index in [1.54, 1.807) is 23.9 Å². The molecule has 0 saturated carbocycles. The van der Waals surface area contributed by atoms with E-state index in [4.69, 9.17) is 0 Å². The molecule has 4 rings (SSSR count). The molecule has 0 amide bonds. The number of nitrogens with zero attached hydrogens (tertiary/aromatic N) is 2. The molecule has 1 N–H and O–H groups in total. The summed E-state index contributed by atoms with van der Waals surface area (Å²) < 4.78 is 15.7. The van der Waals surface area contributed by atoms with Crippen molar-refractivity contribution >= 4 is 22.6 Å². The van der Waals surface area contributed by atoms with E-state index in [0.29, 0.717) is 6.54 Å². The van der Waals surface area contributed by atoms with E-state index in [2.05, 4.69) is 4.58 Å². The molecule has 2 aliphatic rings. The highest BCUT2D eigenvalue weighted by molar-refractivity contribution is 8.13. The number of benzene rings is 2. The van der Waals surface area contributed by atoms with Gasteiger partial charge in [-0.25, -0.2) is 8.97 Å². The fourth-order valence-electron chi connectivity index (χ4n) is 3.62. The molecule has 1 unspecified atom stereocenters. The van der Waals surface area contributed by atoms with Crippen molar-refractivity contribution < 1.29 is 14.1 Å². The van der Waals surface area contributed by atoms with Gasteiger partial charge in [0.15, 0.2) is 6.54 Å². The van der Waals surface area contributed by atoms with Gasteiger partial charge in [-0.05, 0) is 67.4 Å². The molecule has 2 aliphatic heterocycles. The van der Waals surface area contributed by atoms with Crippen LogP contribution >= 0.6 is 11.8 Å². The Morgan fingerprint density at radius 3 is 2.52 bits per heavy atom. The number of hydrogen-bond donors (Lipinski definition) is 1. The second-order valence-electron chi connectivity index (χ2n) is 6.61. The molecule has 5 heteroatoms. The lowest BCUT2D eigenvalue weighted by Crippen LogP contribution is -2.46. The van der Waals surface area contributed by atoms with Gasteiger partial charge in [-0.15, -0.1) is 0 Å². The molecule has 0 aromatic heterocycles. The number of thioether (sulfide) groups is 1. The maximum atomic E-state index is 13.4. The minimum absolute atomic E-state index is 0.287. The molecule has 3 nitrogen and oxygen atoms in total. The van der Waals surface area contributed by atoms with Crippen molar-refractivity contribution in [3.8, 4) is 0 Å². The summed E-state index contributed by atoms with van der Waals surface area (Å²) in [4.78, 5) is 2.02. The van der Waals surface area contributed by atoms with Crippen LogP contribution < -0.4 is 4.90 Å². The molecular weight excluding hydrogens is 335 g/mol. The quantitative estimate of drug-likeness (QED) is 0.829. The van der Waals surface area contributed by atoms with Crippen LogP contribution in [0.2, 0.25) is 0 Å². The van der Waals surface area contributed by atoms with Crippen LogP contribution in [0.4, 0.5) is 10.1 Å². The number of rotatable bonds is 2. The molecule has 2 aromatic carbocycles. The van der Waals surface area contributed by atoms with Gasteiger partial charge in [-0.1, -0.05) is 18.2 Å². The summed E-state index contributed by atoms with van der Waals surface area (Å²) in [6.45, 7) is 1.44. The van der Waals surface area contributed by atoms with Gasteiger partial charge in [-0.3, -0.25) is 0 Å². The second kappa shape index (κ2) is 6.81. The highest BCUT2D eigenvalue weighted by Crippen LogP contribution is 2.39. The Morgan fingerprint density at radius 1 is 1.00 bits per heavy atom. The molecule has 2 heterocycles. The summed E-state index contributed by atoms with van der Waals surface area (Å²) in [5.74, 6) is 0.763. The van der Waals surface area contributed by atoms with E-state index in [1.807, 2.05) is 35.2 Å². The van der Waals surface area contributed by atoms with Crippen molar-refractivity contribution in [2.45, 2.75) is 25.0 Å². The van der Waals surface area contributed by atoms with Crippen LogP contribution in [0.3, 0.4) is 0 Å². The molecule has 25 heavy (non-hydrogen) atoms. The number of para-hydroxylation sites is 1. The van der Waals surface area contributed by atoms with Gasteiger partial charge in [0.05, 0.1) is 6.54 Å². The molecule has 0 spiro atoms. The molecule has 0 aliphatic carbocycles. The molecule has 0 fully saturated rings. The van der Waals surface area contributed by atoms with E-state index in [9.17, 15) is 9.50 Å². The third-order valence-corrected chi connectivity index (χ3v) is 6.06. The van der Waals surface area contributed by atoms with Crippen LogP contribution in [0.25, 0.3) is 0 Å². The zero-order valence-corrected chi connectivity index (χ0v) is 14.9. The van der Waals surface area contributed by atoms with Crippen LogP contribution in [0.1, 0.15) is 24.8 Å². The predicted octanol–water partition coefficient (Wildman–Crippen LogP) is 3.78. The van der Waals surface area contributed by atoms with Crippen LogP contribution in [-0.2, 0) is 5.72 Å². The van der Waals surface area contributed by atoms with Gasteiger partial charge < -0.3 is 5.11 Å². The maximum absolute atomic E-state index is 13.4. The van der Waals surface area contributed by atoms with Gasteiger partial charge in [0.25, 0.3) is 5.72 Å². The predicted molar refractivity (Wildman–Crippen MR) is 101 cm³/mol. The normalized spacial score (nSPS) is 24.0. The number of aliphatic hydroxyl groups is 1. The summed E-state index contributed by atoms with van der Waals surface area (Å²) in [6, 6.07) is 16.2. The van der Waals surface area contributed by atoms with E-state index < -0.39 is 5.72 Å². The average molecular weight is 357 g/mol. The minimum Gasteiger partial charge on any atom is -0.346 e. The monoisotopic (exact) mass is 357 g/mol. The van der Waals surface area contributed by atoms with Crippen molar-refractivity contribution in [3.63, 3.8) is 0 Å². The first-order valence-electron chi connectivity index (χ1n) is 8.77. The first-order chi connectivity index (χ1) is 12.2. The average Bonchev–Trinajstić information content (AvgIpc) is 2.88. The molecule has 1 atom stereocenters. The Hall–Kier alpha value is -1.85. The summed E-state index contributed by atoms with van der Waals surface area (Å²) in [6.07, 6.45) is 3.54. The molecule has 2 aromatic rings. The van der Waals surface area contributed by atoms with Gasteiger partial charge >= 0.3 is 5.17 Å². The lowest BCUT2D eigenvalue weighted by atomic mass is 10.0. The standard InChI is InChI=1S/C20H22FN2OS/c21-17-11-9-16(10-12-17)20(24)15-22-13-5-2-6-14-25-19(22)23(20)18-7-3-1-4-8-18/h1,3-4,7-12,24H,2,5-6,13-15H2/q+1. The van der Waals surface area contributed by atoms with Crippen LogP contribution in [0.15, 0.2) is 54.6 Å². The number of halogens is 1. The van der Waals surface area contributed by atoms with E-state index >= 15 is 0 Å². The zero-order chi connectivity index (χ0) is 17.3. The Kier molecular flexibility index (Phi) is 4.52. The summed E-state index contributed by atoms with van der Waals surface area (Å²) >= 11 is 1.81. The van der Waals surface area contributed by atoms with Crippen molar-refractivity contribution in [2.75, 3.05) is 23.7 Å². The Morgan fingerprint density at radius 2 is 1.76 bits per heavy atom. The first-order valence-corrected chi connectivity index (χ1v) is 9.75. The Bertz CT molecular complexity index is 778. The molecule has 130 valence electrons. The van der Waals surface area contributed by atoms with Crippen molar-refractivity contribution in [1.82, 2.24) is 0 Å². The van der Waals surface area contributed by atoms with Gasteiger partial charge in [0.1, 0.15) is 11.5 Å². The van der Waals surface area contributed by atoms with E-state index in [0.717, 1.165) is 35.1 Å². The van der Waals surface area contributed by atoms with Crippen LogP contribution in [0.5, 0.6) is 0 Å². The van der Waals surface area contributed by atoms with Gasteiger partial charge in [0.2, 0.25) is 0 Å². The highest BCUT2D eigenvalue weighted by atomic mass is 32.2. The van der Waals surface area contributed by atoms with Crippen LogP contribution in [-0.4, -0.2) is 33.7 Å². The second-order valence-corrected chi connectivity index (χ2v) is 7.67. The highest BCUT2D eigenvalue weighted by Gasteiger charge is 2.54. The van der Waals surface area contributed by atoms with Crippen LogP contribution in [0, 0.1) is 5.82 Å². The zero-order valence-electron chi connectivity index (χ0n) is 14.1. The summed E-state index contributed by atoms with van der Waals surface area (Å²) in [5, 5.41) is 12.8. The largest absolute Gasteiger partial charge is 0.346 e. The Balaban J connectivity index is 1.82. The van der Waals surface area contributed by atoms with Gasteiger partial charge in [0, 0.05) is 11.3 Å². The number of anilines is 1. The molecular formula is C20H22FN2OS+. The van der Waals surface area contributed by atoms with Crippen molar-refractivity contribution in [3.05, 3.63) is 66.0 Å². The third-order valence-electron chi connectivity index (χ3n) is 4.87. The Labute approximate surface area is 151 Å². The third kappa shape index (κ3) is 3.07. The minimum atomic E-state index is -1.19. The lowest BCUT2D eigenvalue weighted by Gasteiger charge is -2.28. The molecule has 0 saturated heterocycles. The summed E-state index contributed by atoms with van der Waals surface area (Å²) in [5.41, 5.74) is 0.486. The fourth-order valence-corrected chi connectivity index (χ4v) is 4.87. The lowest BCUT2D eigenvalue weighted by molar-refractivity contribution is -0.532. The smallest absolute Gasteiger partial charge is 0.316 e. The number of amidine groups is 1. The van der Waals surface area contributed by atoms with Gasteiger partial charge in [-0.2, -0.15) is 4.90 Å². The molecule has 0 bridgehead atoms. The van der Waals surface area contributed by atoms with Crippen molar-refractivity contribution in [1.29, 1.82) is 0 Å². The van der Waals surface area contributed by atoms with E-state index in [1.165, 1.54) is 25.0 Å². The van der Waals surface area contributed by atoms with Crippen molar-refractivity contribution in [2.24, 2.45) is 0 Å². The molecule has 0 radical (unpaired) electrons. The van der Waals surface area contributed by atoms with E-state index in [-0.39, 0.29) is 5.82 Å².